The number of methoxy groups -OCH3 is 3. The highest BCUT2D eigenvalue weighted by molar-refractivity contribution is 7.80. The van der Waals surface area contributed by atoms with Gasteiger partial charge in [0, 0.05) is 23.2 Å². The van der Waals surface area contributed by atoms with Crippen molar-refractivity contribution in [1.29, 1.82) is 0 Å². The molecule has 0 aliphatic carbocycles. The second-order valence-corrected chi connectivity index (χ2v) is 8.79. The van der Waals surface area contributed by atoms with E-state index < -0.39 is 5.91 Å². The fourth-order valence-electron chi connectivity index (χ4n) is 3.47. The topological polar surface area (TPSA) is 112 Å². The molecule has 0 saturated heterocycles. The van der Waals surface area contributed by atoms with Gasteiger partial charge in [-0.1, -0.05) is 18.3 Å². The van der Waals surface area contributed by atoms with Gasteiger partial charge in [-0.05, 0) is 55.0 Å². The molecule has 1 amide bonds. The molecule has 0 fully saturated rings. The van der Waals surface area contributed by atoms with Crippen molar-refractivity contribution in [2.45, 2.75) is 20.3 Å². The summed E-state index contributed by atoms with van der Waals surface area (Å²) in [5.74, 6) is 1.56. The van der Waals surface area contributed by atoms with Crippen molar-refractivity contribution < 1.29 is 19.0 Å². The third-order valence-corrected chi connectivity index (χ3v) is 6.40. The molecule has 35 heavy (non-hydrogen) atoms. The second kappa shape index (κ2) is 10.2. The Morgan fingerprint density at radius 1 is 1.09 bits per heavy atom. The Morgan fingerprint density at radius 2 is 1.80 bits per heavy atom. The minimum Gasteiger partial charge on any atom is -0.493 e. The molecule has 0 radical (unpaired) electrons. The number of hydrogen-bond acceptors (Lipinski definition) is 9. The number of nitrogens with zero attached hydrogens (tertiary/aromatic N) is 4. The zero-order valence-electron chi connectivity index (χ0n) is 19.8. The van der Waals surface area contributed by atoms with E-state index in [1.165, 1.54) is 32.7 Å². The van der Waals surface area contributed by atoms with Gasteiger partial charge in [-0.2, -0.15) is 9.61 Å². The second-order valence-electron chi connectivity index (χ2n) is 7.42. The summed E-state index contributed by atoms with van der Waals surface area (Å²) in [6.45, 7) is 3.97. The summed E-state index contributed by atoms with van der Waals surface area (Å²) in [4.78, 5) is 13.6. The molecule has 2 aromatic heterocycles. The van der Waals surface area contributed by atoms with E-state index in [2.05, 4.69) is 25.9 Å². The molecule has 4 rings (SSSR count). The summed E-state index contributed by atoms with van der Waals surface area (Å²) in [6.07, 6.45) is 0.755. The predicted octanol–water partition coefficient (Wildman–Crippen LogP) is 3.88. The smallest absolute Gasteiger partial charge is 0.257 e. The van der Waals surface area contributed by atoms with Crippen LogP contribution in [0.1, 0.15) is 28.7 Å². The lowest BCUT2D eigenvalue weighted by Crippen LogP contribution is -2.34. The summed E-state index contributed by atoms with van der Waals surface area (Å²) in [7, 11) is 4.47. The molecule has 12 heteroatoms. The summed E-state index contributed by atoms with van der Waals surface area (Å²) >= 11 is 6.85. The van der Waals surface area contributed by atoms with Crippen LogP contribution in [0.15, 0.2) is 30.3 Å². The van der Waals surface area contributed by atoms with Crippen LogP contribution >= 0.6 is 23.6 Å². The number of fused-ring (bicyclic) bond motifs is 1. The van der Waals surface area contributed by atoms with Crippen molar-refractivity contribution >= 4 is 45.2 Å². The van der Waals surface area contributed by atoms with E-state index in [-0.39, 0.29) is 5.11 Å². The van der Waals surface area contributed by atoms with Gasteiger partial charge in [-0.25, -0.2) is 0 Å². The minimum absolute atomic E-state index is 0.158. The number of benzene rings is 2. The third kappa shape index (κ3) is 4.88. The van der Waals surface area contributed by atoms with Crippen LogP contribution in [-0.2, 0) is 6.42 Å². The van der Waals surface area contributed by atoms with Crippen LogP contribution in [0.5, 0.6) is 17.2 Å². The van der Waals surface area contributed by atoms with E-state index in [1.54, 1.807) is 16.6 Å². The monoisotopic (exact) mass is 512 g/mol. The van der Waals surface area contributed by atoms with Gasteiger partial charge in [0.1, 0.15) is 5.01 Å². The third-order valence-electron chi connectivity index (χ3n) is 5.25. The highest BCUT2D eigenvalue weighted by atomic mass is 32.1. The van der Waals surface area contributed by atoms with Gasteiger partial charge < -0.3 is 19.5 Å². The number of nitrogens with one attached hydrogen (secondary N) is 2. The lowest BCUT2D eigenvalue weighted by molar-refractivity contribution is 0.0977. The molecule has 0 saturated carbocycles. The van der Waals surface area contributed by atoms with Crippen LogP contribution in [-0.4, -0.2) is 52.2 Å². The first-order valence-corrected chi connectivity index (χ1v) is 11.8. The first kappa shape index (κ1) is 24.4. The molecule has 0 spiro atoms. The molecule has 10 nitrogen and oxygen atoms in total. The SMILES string of the molecule is CCc1nnc2sc(-c3ccc(NC(=S)NC(=O)c4cc(OC)c(OC)c(OC)c4)c(C)c3)nn12. The minimum atomic E-state index is -0.414. The number of thiocarbonyl (C=S) groups is 1. The average molecular weight is 513 g/mol. The Hall–Kier alpha value is -3.77. The molecular weight excluding hydrogens is 488 g/mol. The van der Waals surface area contributed by atoms with E-state index in [4.69, 9.17) is 26.4 Å². The average Bonchev–Trinajstić information content (AvgIpc) is 3.45. The molecule has 0 unspecified atom stereocenters. The van der Waals surface area contributed by atoms with Gasteiger partial charge in [0.25, 0.3) is 5.91 Å². The highest BCUT2D eigenvalue weighted by Crippen LogP contribution is 2.38. The maximum atomic E-state index is 12.8. The molecule has 0 atom stereocenters. The van der Waals surface area contributed by atoms with Gasteiger partial charge >= 0.3 is 0 Å². The Balaban J connectivity index is 1.48. The molecule has 2 aromatic carbocycles. The normalized spacial score (nSPS) is 10.8. The van der Waals surface area contributed by atoms with Crippen molar-refractivity contribution in [2.24, 2.45) is 0 Å². The fraction of sp³-hybridized carbons (Fsp3) is 0.261. The molecular formula is C23H24N6O4S2. The number of amides is 1. The van der Waals surface area contributed by atoms with Crippen molar-refractivity contribution in [3.63, 3.8) is 0 Å². The number of aryl methyl sites for hydroxylation is 2. The van der Waals surface area contributed by atoms with Crippen LogP contribution in [0, 0.1) is 6.92 Å². The number of carbonyl (C=O) groups is 1. The summed E-state index contributed by atoms with van der Waals surface area (Å²) in [6, 6.07) is 8.96. The highest BCUT2D eigenvalue weighted by Gasteiger charge is 2.18. The van der Waals surface area contributed by atoms with E-state index in [1.807, 2.05) is 32.0 Å². The zero-order valence-corrected chi connectivity index (χ0v) is 21.5. The Kier molecular flexibility index (Phi) is 7.12. The van der Waals surface area contributed by atoms with Gasteiger partial charge in [-0.15, -0.1) is 10.2 Å². The Labute approximate surface area is 211 Å². The number of hydrogen-bond donors (Lipinski definition) is 2. The maximum absolute atomic E-state index is 12.8. The largest absolute Gasteiger partial charge is 0.493 e. The van der Waals surface area contributed by atoms with Crippen LogP contribution in [0.25, 0.3) is 15.5 Å². The van der Waals surface area contributed by atoms with Gasteiger partial charge in [0.05, 0.1) is 21.3 Å². The zero-order chi connectivity index (χ0) is 25.1. The van der Waals surface area contributed by atoms with Crippen LogP contribution in [0.3, 0.4) is 0 Å². The molecule has 2 heterocycles. The molecule has 0 bridgehead atoms. The van der Waals surface area contributed by atoms with Gasteiger partial charge in [0.2, 0.25) is 10.7 Å². The predicted molar refractivity (Wildman–Crippen MR) is 138 cm³/mol. The molecule has 0 aliphatic heterocycles. The standard InChI is InChI=1S/C23H24N6O4S2/c1-6-18-26-27-23-29(18)28-21(35-23)13-7-8-15(12(2)9-13)24-22(34)25-20(30)14-10-16(31-3)19(33-5)17(11-14)32-4/h7-11H,6H2,1-5H3,(H2,24,25,30,34). The lowest BCUT2D eigenvalue weighted by atomic mass is 10.1. The van der Waals surface area contributed by atoms with Crippen molar-refractivity contribution in [3.8, 4) is 27.8 Å². The number of ether oxygens (including phenoxy) is 3. The van der Waals surface area contributed by atoms with Crippen molar-refractivity contribution in [1.82, 2.24) is 25.1 Å². The van der Waals surface area contributed by atoms with Crippen molar-refractivity contribution in [3.05, 3.63) is 47.3 Å². The number of carbonyl (C=O) groups excluding carboxylic acids is 1. The first-order valence-electron chi connectivity index (χ1n) is 10.6. The molecule has 182 valence electrons. The van der Waals surface area contributed by atoms with Gasteiger partial charge in [-0.3, -0.25) is 10.1 Å². The summed E-state index contributed by atoms with van der Waals surface area (Å²) in [5.41, 5.74) is 2.97. The Bertz CT molecular complexity index is 1390. The van der Waals surface area contributed by atoms with Crippen LogP contribution in [0.2, 0.25) is 0 Å². The summed E-state index contributed by atoms with van der Waals surface area (Å²) < 4.78 is 17.7. The van der Waals surface area contributed by atoms with E-state index in [0.29, 0.717) is 22.8 Å². The van der Waals surface area contributed by atoms with E-state index in [0.717, 1.165) is 39.0 Å². The lowest BCUT2D eigenvalue weighted by Gasteiger charge is -2.15. The van der Waals surface area contributed by atoms with E-state index in [9.17, 15) is 4.79 Å². The van der Waals surface area contributed by atoms with Crippen LogP contribution < -0.4 is 24.8 Å². The number of rotatable bonds is 7. The molecule has 2 N–H and O–H groups in total. The fourth-order valence-corrected chi connectivity index (χ4v) is 4.53. The number of anilines is 1. The van der Waals surface area contributed by atoms with Crippen LogP contribution in [0.4, 0.5) is 5.69 Å². The van der Waals surface area contributed by atoms with Crippen molar-refractivity contribution in [2.75, 3.05) is 26.6 Å². The number of aromatic nitrogens is 4. The molecule has 0 aliphatic rings. The maximum Gasteiger partial charge on any atom is 0.257 e. The molecule has 4 aromatic rings. The van der Waals surface area contributed by atoms with E-state index >= 15 is 0 Å². The Morgan fingerprint density at radius 3 is 2.40 bits per heavy atom. The van der Waals surface area contributed by atoms with Gasteiger partial charge in [0.15, 0.2) is 22.4 Å². The quantitative estimate of drug-likeness (QED) is 0.356. The first-order chi connectivity index (χ1) is 16.9. The summed E-state index contributed by atoms with van der Waals surface area (Å²) in [5, 5.41) is 19.7.